The molecule has 13 heteroatoms. The molecule has 3 heterocycles. The van der Waals surface area contributed by atoms with E-state index in [1.54, 1.807) is 50.3 Å². The van der Waals surface area contributed by atoms with Gasteiger partial charge in [-0.1, -0.05) is 17.7 Å². The van der Waals surface area contributed by atoms with E-state index in [-0.39, 0.29) is 35.2 Å². The van der Waals surface area contributed by atoms with Gasteiger partial charge in [-0.25, -0.2) is 13.2 Å². The minimum atomic E-state index is -4.08. The Balaban J connectivity index is 1.43. The number of anilines is 1. The summed E-state index contributed by atoms with van der Waals surface area (Å²) in [7, 11) is -5.18. The normalized spacial score (nSPS) is 15.6. The maximum Gasteiger partial charge on any atom is 0.372 e. The molecule has 1 aliphatic heterocycles. The van der Waals surface area contributed by atoms with Gasteiger partial charge in [-0.15, -0.1) is 0 Å². The number of carboxylic acids is 1. The summed E-state index contributed by atoms with van der Waals surface area (Å²) in [5.74, 6) is -0.695. The number of allylic oxidation sites excluding steroid dienone is 2. The van der Waals surface area contributed by atoms with Crippen LogP contribution >= 0.6 is 38.4 Å². The highest BCUT2D eigenvalue weighted by Crippen LogP contribution is 2.46. The van der Waals surface area contributed by atoms with Crippen molar-refractivity contribution in [2.45, 2.75) is 31.0 Å². The predicted molar refractivity (Wildman–Crippen MR) is 168 cm³/mol. The van der Waals surface area contributed by atoms with Gasteiger partial charge in [-0.05, 0) is 95.4 Å². The molecule has 2 aromatic heterocycles. The summed E-state index contributed by atoms with van der Waals surface area (Å²) < 4.78 is 40.7. The predicted octanol–water partition coefficient (Wildman–Crippen LogP) is 6.89. The van der Waals surface area contributed by atoms with Crippen LogP contribution < -0.4 is 9.62 Å². The highest BCUT2D eigenvalue weighted by atomic mass is 79.9. The number of thiol groups is 1. The third-order valence-corrected chi connectivity index (χ3v) is 11.5. The third-order valence-electron chi connectivity index (χ3n) is 6.74. The first-order valence-electron chi connectivity index (χ1n) is 12.7. The molecular formula is C29H26BrClN2O7S2. The minimum absolute atomic E-state index is 0.00501. The zero-order chi connectivity index (χ0) is 30.2. The van der Waals surface area contributed by atoms with Gasteiger partial charge in [-0.2, -0.15) is 10.9 Å². The quantitative estimate of drug-likeness (QED) is 0.154. The number of benzene rings is 2. The lowest BCUT2D eigenvalue weighted by Crippen LogP contribution is -2.31. The van der Waals surface area contributed by atoms with Gasteiger partial charge in [0.2, 0.25) is 5.76 Å². The highest BCUT2D eigenvalue weighted by molar-refractivity contribution is 9.10. The van der Waals surface area contributed by atoms with Crippen LogP contribution in [0.2, 0.25) is 5.02 Å². The second kappa shape index (κ2) is 12.0. The lowest BCUT2D eigenvalue weighted by Gasteiger charge is -2.27. The summed E-state index contributed by atoms with van der Waals surface area (Å²) in [6, 6.07) is 12.8. The maximum atomic E-state index is 14.0. The Hall–Kier alpha value is -3.45. The fourth-order valence-electron chi connectivity index (χ4n) is 4.73. The molecule has 4 aromatic rings. The van der Waals surface area contributed by atoms with Crippen molar-refractivity contribution in [2.24, 2.45) is 0 Å². The zero-order valence-electron chi connectivity index (χ0n) is 22.4. The van der Waals surface area contributed by atoms with Gasteiger partial charge in [0.05, 0.1) is 22.0 Å². The number of hydrogen-bond acceptors (Lipinski definition) is 6. The SMILES string of the molecule is CCN(c1ccc(Cl)cc1C[SH]1C=CC=C1C(=O)NCc1ccc(Br)o1)S(=O)(=O)c1ccc2oc(C(=O)O)c(C)c2c1. The number of halogens is 2. The summed E-state index contributed by atoms with van der Waals surface area (Å²) >= 11 is 9.62. The van der Waals surface area contributed by atoms with Crippen LogP contribution in [0, 0.1) is 6.92 Å². The molecule has 220 valence electrons. The first kappa shape index (κ1) is 30.0. The van der Waals surface area contributed by atoms with Gasteiger partial charge in [0.15, 0.2) is 4.67 Å². The van der Waals surface area contributed by atoms with Gasteiger partial charge >= 0.3 is 5.97 Å². The second-order valence-electron chi connectivity index (χ2n) is 9.37. The standard InChI is InChI=1S/C29H26BrClN2O7S2/c1-3-33(42(37,38)21-8-10-24-22(14-21)17(2)27(40-24)29(35)36)23-9-6-19(31)13-18(23)16-41-12-4-5-25(41)28(34)32-15-20-7-11-26(30)39-20/h4-14,41H,3,15-16H2,1-2H3,(H,32,34)(H,35,36). The van der Waals surface area contributed by atoms with E-state index in [0.717, 1.165) is 0 Å². The Morgan fingerprint density at radius 2 is 1.90 bits per heavy atom. The number of nitrogens with one attached hydrogen (secondary N) is 1. The average Bonchev–Trinajstić information content (AvgIpc) is 3.67. The first-order valence-corrected chi connectivity index (χ1v) is 17.0. The van der Waals surface area contributed by atoms with Crippen LogP contribution in [0.15, 0.2) is 89.4 Å². The third kappa shape index (κ3) is 5.89. The highest BCUT2D eigenvalue weighted by Gasteiger charge is 2.29. The number of aryl methyl sites for hydroxylation is 1. The Morgan fingerprint density at radius 1 is 1.12 bits per heavy atom. The number of sulfonamides is 1. The molecule has 5 rings (SSSR count). The summed E-state index contributed by atoms with van der Waals surface area (Å²) in [6.07, 6.45) is 3.60. The smallest absolute Gasteiger partial charge is 0.372 e. The number of nitrogens with zero attached hydrogens (tertiary/aromatic N) is 1. The van der Waals surface area contributed by atoms with Gasteiger partial charge < -0.3 is 19.3 Å². The Labute approximate surface area is 258 Å². The van der Waals surface area contributed by atoms with Gasteiger partial charge in [0, 0.05) is 28.3 Å². The van der Waals surface area contributed by atoms with Crippen molar-refractivity contribution in [1.82, 2.24) is 5.32 Å². The van der Waals surface area contributed by atoms with E-state index in [1.165, 1.54) is 22.5 Å². The Bertz CT molecular complexity index is 1880. The van der Waals surface area contributed by atoms with Gasteiger partial charge in [0.1, 0.15) is 11.3 Å². The number of amides is 1. The van der Waals surface area contributed by atoms with Crippen LogP contribution in [0.4, 0.5) is 5.69 Å². The summed E-state index contributed by atoms with van der Waals surface area (Å²) in [4.78, 5) is 25.2. The van der Waals surface area contributed by atoms with Gasteiger partial charge in [-0.3, -0.25) is 9.10 Å². The summed E-state index contributed by atoms with van der Waals surface area (Å²) in [5.41, 5.74) is 1.75. The van der Waals surface area contributed by atoms with Crippen LogP contribution in [-0.4, -0.2) is 31.9 Å². The number of rotatable bonds is 10. The molecule has 1 unspecified atom stereocenters. The monoisotopic (exact) mass is 692 g/mol. The number of carbonyl (C=O) groups is 2. The molecule has 1 aliphatic rings. The number of fused-ring (bicyclic) bond motifs is 1. The molecule has 0 fully saturated rings. The molecule has 2 aromatic carbocycles. The Kier molecular flexibility index (Phi) is 8.61. The molecule has 0 spiro atoms. The van der Waals surface area contributed by atoms with Crippen molar-refractivity contribution < 1.29 is 31.9 Å². The number of furan rings is 2. The number of carboxylic acid groups (broad SMARTS) is 1. The van der Waals surface area contributed by atoms with Crippen molar-refractivity contribution in [1.29, 1.82) is 0 Å². The number of hydrogen-bond donors (Lipinski definition) is 3. The molecule has 0 aliphatic carbocycles. The van der Waals surface area contributed by atoms with E-state index in [4.69, 9.17) is 20.4 Å². The van der Waals surface area contributed by atoms with E-state index in [9.17, 15) is 23.1 Å². The first-order chi connectivity index (χ1) is 20.0. The molecule has 1 atom stereocenters. The molecule has 0 radical (unpaired) electrons. The summed E-state index contributed by atoms with van der Waals surface area (Å²) in [5, 5.41) is 15.1. The molecular weight excluding hydrogens is 668 g/mol. The molecule has 1 amide bonds. The van der Waals surface area contributed by atoms with Crippen molar-refractivity contribution in [3.63, 3.8) is 0 Å². The molecule has 0 saturated heterocycles. The molecule has 0 bridgehead atoms. The summed E-state index contributed by atoms with van der Waals surface area (Å²) in [6.45, 7) is 3.65. The lowest BCUT2D eigenvalue weighted by molar-refractivity contribution is -0.117. The molecule has 0 saturated carbocycles. The molecule has 42 heavy (non-hydrogen) atoms. The van der Waals surface area contributed by atoms with E-state index in [2.05, 4.69) is 21.2 Å². The largest absolute Gasteiger partial charge is 0.475 e. The lowest BCUT2D eigenvalue weighted by atomic mass is 10.1. The van der Waals surface area contributed by atoms with Crippen LogP contribution in [-0.2, 0) is 27.1 Å². The van der Waals surface area contributed by atoms with E-state index < -0.39 is 26.9 Å². The number of aromatic carboxylic acids is 1. The van der Waals surface area contributed by atoms with E-state index >= 15 is 0 Å². The van der Waals surface area contributed by atoms with E-state index in [0.29, 0.717) is 48.3 Å². The van der Waals surface area contributed by atoms with Gasteiger partial charge in [0.25, 0.3) is 15.9 Å². The van der Waals surface area contributed by atoms with Crippen molar-refractivity contribution in [3.05, 3.63) is 103 Å². The molecule has 9 nitrogen and oxygen atoms in total. The van der Waals surface area contributed by atoms with Crippen molar-refractivity contribution in [2.75, 3.05) is 10.8 Å². The van der Waals surface area contributed by atoms with Crippen molar-refractivity contribution in [3.8, 4) is 0 Å². The van der Waals surface area contributed by atoms with Crippen LogP contribution in [0.5, 0.6) is 0 Å². The van der Waals surface area contributed by atoms with Crippen LogP contribution in [0.3, 0.4) is 0 Å². The van der Waals surface area contributed by atoms with Crippen molar-refractivity contribution >= 4 is 77.0 Å². The average molecular weight is 694 g/mol. The topological polar surface area (TPSA) is 130 Å². The second-order valence-corrected chi connectivity index (χ2v) is 14.5. The van der Waals surface area contributed by atoms with E-state index in [1.807, 2.05) is 11.5 Å². The minimum Gasteiger partial charge on any atom is -0.475 e. The molecule has 2 N–H and O–H groups in total. The maximum absolute atomic E-state index is 14.0. The van der Waals surface area contributed by atoms with Crippen LogP contribution in [0.1, 0.15) is 34.4 Å². The fraction of sp³-hybridized carbons (Fsp3) is 0.172. The number of carbonyl (C=O) groups excluding carboxylic acids is 1. The van der Waals surface area contributed by atoms with Crippen LogP contribution in [0.25, 0.3) is 11.0 Å². The Morgan fingerprint density at radius 3 is 2.60 bits per heavy atom. The zero-order valence-corrected chi connectivity index (χ0v) is 26.5. The fourth-order valence-corrected chi connectivity index (χ4v) is 8.77.